The van der Waals surface area contributed by atoms with Gasteiger partial charge in [0, 0.05) is 17.7 Å². The second kappa shape index (κ2) is 12.6. The number of allylic oxidation sites excluding steroid dienone is 1. The maximum absolute atomic E-state index is 13.5. The zero-order valence-electron chi connectivity index (χ0n) is 22.5. The van der Waals surface area contributed by atoms with Crippen LogP contribution >= 0.6 is 11.3 Å². The molecule has 1 fully saturated rings. The van der Waals surface area contributed by atoms with Crippen molar-refractivity contribution < 1.29 is 29.6 Å². The number of hydrogen-bond acceptors (Lipinski definition) is 8. The summed E-state index contributed by atoms with van der Waals surface area (Å²) in [5, 5.41) is 36.0. The van der Waals surface area contributed by atoms with Crippen molar-refractivity contribution in [2.45, 2.75) is 104 Å². The molecule has 1 aromatic heterocycles. The summed E-state index contributed by atoms with van der Waals surface area (Å²) in [7, 11) is 0. The van der Waals surface area contributed by atoms with Crippen LogP contribution in [0.4, 0.5) is 0 Å². The molecule has 0 saturated carbocycles. The van der Waals surface area contributed by atoms with E-state index >= 15 is 0 Å². The zero-order chi connectivity index (χ0) is 27.3. The number of aliphatic hydroxyl groups excluding tert-OH is 2. The van der Waals surface area contributed by atoms with Gasteiger partial charge >= 0.3 is 5.97 Å². The van der Waals surface area contributed by atoms with Crippen molar-refractivity contribution in [3.05, 3.63) is 34.3 Å². The lowest BCUT2D eigenvalue weighted by atomic mass is 9.71. The van der Waals surface area contributed by atoms with Gasteiger partial charge in [-0.1, -0.05) is 33.3 Å². The molecule has 0 aromatic carbocycles. The summed E-state index contributed by atoms with van der Waals surface area (Å²) in [6.07, 6.45) is 2.23. The summed E-state index contributed by atoms with van der Waals surface area (Å²) in [5.41, 5.74) is -0.920. The van der Waals surface area contributed by atoms with E-state index in [9.17, 15) is 24.9 Å². The van der Waals surface area contributed by atoms with Crippen molar-refractivity contribution >= 4 is 29.2 Å². The van der Waals surface area contributed by atoms with Gasteiger partial charge in [0.15, 0.2) is 0 Å². The topological polar surface area (TPSA) is 117 Å². The van der Waals surface area contributed by atoms with Gasteiger partial charge in [-0.25, -0.2) is 4.98 Å². The number of carbonyl (C=O) groups excluding carboxylic acids is 2. The number of ketones is 1. The van der Waals surface area contributed by atoms with Crippen LogP contribution < -0.4 is 0 Å². The molecule has 0 bridgehead atoms. The third kappa shape index (κ3) is 8.07. The molecule has 0 aliphatic carbocycles. The normalized spacial score (nSPS) is 33.4. The molecule has 6 atom stereocenters. The van der Waals surface area contributed by atoms with Gasteiger partial charge in [0.05, 0.1) is 40.3 Å². The third-order valence-electron chi connectivity index (χ3n) is 7.37. The first-order valence-electron chi connectivity index (χ1n) is 12.7. The van der Waals surface area contributed by atoms with Crippen molar-refractivity contribution in [1.29, 1.82) is 0 Å². The van der Waals surface area contributed by atoms with Gasteiger partial charge in [-0.3, -0.25) is 9.59 Å². The Hall–Kier alpha value is -1.87. The van der Waals surface area contributed by atoms with E-state index in [2.05, 4.69) is 11.6 Å². The summed E-state index contributed by atoms with van der Waals surface area (Å²) in [6, 6.07) is 0. The number of ether oxygens (including phenoxy) is 1. The van der Waals surface area contributed by atoms with Crippen LogP contribution in [0, 0.1) is 24.2 Å². The average molecular weight is 522 g/mol. The summed E-state index contributed by atoms with van der Waals surface area (Å²) in [5.74, 6) is -1.91. The Morgan fingerprint density at radius 1 is 1.31 bits per heavy atom. The van der Waals surface area contributed by atoms with E-state index in [-0.39, 0.29) is 31.0 Å². The smallest absolute Gasteiger partial charge is 0.309 e. The number of thiazole rings is 1. The molecule has 1 aliphatic rings. The Kier molecular flexibility index (Phi) is 10.6. The molecule has 0 spiro atoms. The fraction of sp³-hybridized carbons (Fsp3) is 0.679. The molecule has 0 amide bonds. The van der Waals surface area contributed by atoms with Gasteiger partial charge in [-0.15, -0.1) is 17.9 Å². The highest BCUT2D eigenvalue weighted by Crippen LogP contribution is 2.35. The molecule has 2 heterocycles. The summed E-state index contributed by atoms with van der Waals surface area (Å²) >= 11 is 1.52. The summed E-state index contributed by atoms with van der Waals surface area (Å²) in [6.45, 7) is 14.3. The monoisotopic (exact) mass is 521 g/mol. The number of Topliss-reactive ketones (excluding diaryl/α,β-unsaturated/α-hetero) is 1. The van der Waals surface area contributed by atoms with Crippen molar-refractivity contribution in [3.8, 4) is 0 Å². The zero-order valence-corrected chi connectivity index (χ0v) is 23.3. The second-order valence-electron chi connectivity index (χ2n) is 11.2. The highest BCUT2D eigenvalue weighted by atomic mass is 32.1. The number of esters is 1. The van der Waals surface area contributed by atoms with Crippen LogP contribution in [-0.2, 0) is 14.3 Å². The van der Waals surface area contributed by atoms with E-state index in [1.54, 1.807) is 26.8 Å². The molecule has 3 N–H and O–H groups in total. The summed E-state index contributed by atoms with van der Waals surface area (Å²) in [4.78, 5) is 30.9. The van der Waals surface area contributed by atoms with Crippen LogP contribution in [0.1, 0.15) is 83.8 Å². The number of nitrogens with zero attached hydrogens (tertiary/aromatic N) is 1. The summed E-state index contributed by atoms with van der Waals surface area (Å²) < 4.78 is 5.79. The molecular weight excluding hydrogens is 478 g/mol. The highest BCUT2D eigenvalue weighted by molar-refractivity contribution is 7.09. The minimum atomic E-state index is -1.30. The Bertz CT molecular complexity index is 950. The lowest BCUT2D eigenvalue weighted by Crippen LogP contribution is -2.46. The maximum atomic E-state index is 13.5. The number of aryl methyl sites for hydroxylation is 1. The van der Waals surface area contributed by atoms with Crippen molar-refractivity contribution in [1.82, 2.24) is 4.98 Å². The van der Waals surface area contributed by atoms with Crippen LogP contribution in [-0.4, -0.2) is 56.0 Å². The molecular formula is C28H43NO6S. The van der Waals surface area contributed by atoms with Crippen LogP contribution in [0.5, 0.6) is 0 Å². The first-order valence-corrected chi connectivity index (χ1v) is 13.6. The quantitative estimate of drug-likeness (QED) is 0.391. The van der Waals surface area contributed by atoms with Gasteiger partial charge in [-0.05, 0) is 57.6 Å². The average Bonchev–Trinajstić information content (AvgIpc) is 3.19. The number of aliphatic hydroxyl groups is 3. The van der Waals surface area contributed by atoms with Crippen molar-refractivity contribution in [2.75, 3.05) is 0 Å². The minimum absolute atomic E-state index is 0.179. The minimum Gasteiger partial charge on any atom is -0.458 e. The molecule has 1 aromatic rings. The number of aromatic nitrogens is 1. The largest absolute Gasteiger partial charge is 0.458 e. The fourth-order valence-corrected chi connectivity index (χ4v) is 5.36. The number of cyclic esters (lactones) is 1. The molecule has 6 unspecified atom stereocenters. The predicted molar refractivity (Wildman–Crippen MR) is 142 cm³/mol. The van der Waals surface area contributed by atoms with E-state index in [1.807, 2.05) is 32.2 Å². The number of rotatable bonds is 4. The Morgan fingerprint density at radius 3 is 2.56 bits per heavy atom. The SMILES string of the molecule is C=CCC1C(=O)C(C)(C)C(O)CC(=O)OC(/C(C)=C/c2csc(C)n2)CC(C)(O)CCCC(C)C1O. The number of hydrogen-bond donors (Lipinski definition) is 3. The lowest BCUT2D eigenvalue weighted by Gasteiger charge is -2.35. The van der Waals surface area contributed by atoms with Gasteiger partial charge in [-0.2, -0.15) is 0 Å². The Balaban J connectivity index is 2.41. The molecule has 7 nitrogen and oxygen atoms in total. The van der Waals surface area contributed by atoms with Gasteiger partial charge in [0.1, 0.15) is 11.9 Å². The van der Waals surface area contributed by atoms with E-state index < -0.39 is 41.2 Å². The van der Waals surface area contributed by atoms with Gasteiger partial charge in [0.2, 0.25) is 0 Å². The third-order valence-corrected chi connectivity index (χ3v) is 8.17. The van der Waals surface area contributed by atoms with Gasteiger partial charge in [0.25, 0.3) is 0 Å². The molecule has 36 heavy (non-hydrogen) atoms. The van der Waals surface area contributed by atoms with E-state index in [0.717, 1.165) is 16.3 Å². The van der Waals surface area contributed by atoms with E-state index in [4.69, 9.17) is 4.74 Å². The second-order valence-corrected chi connectivity index (χ2v) is 12.2. The molecule has 0 radical (unpaired) electrons. The molecule has 1 saturated heterocycles. The molecule has 202 valence electrons. The maximum Gasteiger partial charge on any atom is 0.309 e. The standard InChI is InChI=1S/C28H43NO6S/c1-8-10-21-25(32)17(2)11-9-12-28(7,34)15-22(18(3)13-20-16-36-19(4)29-20)35-24(31)14-23(30)27(5,6)26(21)33/h8,13,16-17,21-23,25,30,32,34H,1,9-12,14-15H2,2-7H3/b18-13+. The fourth-order valence-electron chi connectivity index (χ4n) is 4.78. The van der Waals surface area contributed by atoms with Crippen LogP contribution in [0.25, 0.3) is 6.08 Å². The van der Waals surface area contributed by atoms with Crippen LogP contribution in [0.3, 0.4) is 0 Å². The number of carbonyl (C=O) groups is 2. The molecule has 1 aliphatic heterocycles. The predicted octanol–water partition coefficient (Wildman–Crippen LogP) is 4.63. The molecule has 2 rings (SSSR count). The highest BCUT2D eigenvalue weighted by Gasteiger charge is 2.44. The van der Waals surface area contributed by atoms with E-state index in [1.165, 1.54) is 11.3 Å². The van der Waals surface area contributed by atoms with Crippen LogP contribution in [0.15, 0.2) is 23.6 Å². The van der Waals surface area contributed by atoms with Gasteiger partial charge < -0.3 is 20.1 Å². The van der Waals surface area contributed by atoms with Crippen molar-refractivity contribution in [3.63, 3.8) is 0 Å². The van der Waals surface area contributed by atoms with Crippen LogP contribution in [0.2, 0.25) is 0 Å². The molecule has 8 heteroatoms. The first kappa shape index (κ1) is 30.4. The van der Waals surface area contributed by atoms with E-state index in [0.29, 0.717) is 19.3 Å². The Labute approximate surface area is 219 Å². The van der Waals surface area contributed by atoms with Crippen molar-refractivity contribution in [2.24, 2.45) is 17.3 Å². The Morgan fingerprint density at radius 2 is 1.97 bits per heavy atom. The first-order chi connectivity index (χ1) is 16.7. The lowest BCUT2D eigenvalue weighted by molar-refractivity contribution is -0.156.